The fourth-order valence-electron chi connectivity index (χ4n) is 6.57. The molecule has 3 rings (SSSR count). The number of rotatable bonds is 12. The van der Waals surface area contributed by atoms with Crippen molar-refractivity contribution in [2.75, 3.05) is 0 Å². The summed E-state index contributed by atoms with van der Waals surface area (Å²) in [4.78, 5) is 0. The lowest BCUT2D eigenvalue weighted by molar-refractivity contribution is 0.266. The Hall–Kier alpha value is -2.01. The molecule has 2 unspecified atom stereocenters. The fourth-order valence-corrected chi connectivity index (χ4v) is 7.60. The van der Waals surface area contributed by atoms with Gasteiger partial charge in [-0.05, 0) is 71.2 Å². The molecule has 0 saturated carbocycles. The summed E-state index contributed by atoms with van der Waals surface area (Å²) >= 11 is 0. The highest BCUT2D eigenvalue weighted by molar-refractivity contribution is 6.84. The zero-order chi connectivity index (χ0) is 30.3. The Morgan fingerprint density at radius 2 is 1.00 bits per heavy atom. The molecule has 41 heavy (non-hydrogen) atoms. The van der Waals surface area contributed by atoms with E-state index in [1.807, 2.05) is 0 Å². The Morgan fingerprint density at radius 3 is 1.32 bits per heavy atom. The van der Waals surface area contributed by atoms with Gasteiger partial charge in [0.1, 0.15) is 16.1 Å². The average Bonchev–Trinajstić information content (AvgIpc) is 3.18. The van der Waals surface area contributed by atoms with E-state index in [-0.39, 0.29) is 5.41 Å². The van der Waals surface area contributed by atoms with Crippen LogP contribution in [0.25, 0.3) is 11.1 Å². The Labute approximate surface area is 256 Å². The molecule has 0 amide bonds. The molecule has 0 fully saturated rings. The Balaban J connectivity index is 2.31. The van der Waals surface area contributed by atoms with Crippen molar-refractivity contribution in [2.45, 2.75) is 137 Å². The molecule has 2 atom stereocenters. The van der Waals surface area contributed by atoms with Crippen molar-refractivity contribution >= 4 is 16.1 Å². The van der Waals surface area contributed by atoms with Crippen LogP contribution in [0.2, 0.25) is 39.3 Å². The first-order chi connectivity index (χ1) is 19.4. The van der Waals surface area contributed by atoms with Gasteiger partial charge < -0.3 is 0 Å². The van der Waals surface area contributed by atoms with E-state index in [2.05, 4.69) is 126 Å². The molecule has 0 aromatic heterocycles. The van der Waals surface area contributed by atoms with Crippen LogP contribution in [0.15, 0.2) is 36.4 Å². The molecule has 0 saturated heterocycles. The van der Waals surface area contributed by atoms with Gasteiger partial charge in [0.2, 0.25) is 0 Å². The van der Waals surface area contributed by atoms with Gasteiger partial charge in [-0.15, -0.1) is 11.1 Å². The van der Waals surface area contributed by atoms with E-state index in [9.17, 15) is 0 Å². The van der Waals surface area contributed by atoms with Crippen molar-refractivity contribution in [1.82, 2.24) is 0 Å². The fraction of sp³-hybridized carbons (Fsp3) is 0.590. The molecule has 1 aliphatic rings. The first kappa shape index (κ1) is 33.5. The molecular weight excluding hydrogens is 525 g/mol. The van der Waals surface area contributed by atoms with Gasteiger partial charge in [-0.3, -0.25) is 0 Å². The Kier molecular flexibility index (Phi) is 11.8. The van der Waals surface area contributed by atoms with E-state index in [1.165, 1.54) is 86.5 Å². The lowest BCUT2D eigenvalue weighted by Crippen LogP contribution is -2.31. The van der Waals surface area contributed by atoms with Gasteiger partial charge in [-0.1, -0.05) is 142 Å². The molecule has 0 aliphatic heterocycles. The summed E-state index contributed by atoms with van der Waals surface area (Å²) in [6.45, 7) is 23.6. The molecular formula is C39H58Si2. The second-order valence-electron chi connectivity index (χ2n) is 14.8. The van der Waals surface area contributed by atoms with Crippen molar-refractivity contribution in [1.29, 1.82) is 0 Å². The normalized spacial score (nSPS) is 15.2. The minimum Gasteiger partial charge on any atom is -0.127 e. The predicted octanol–water partition coefficient (Wildman–Crippen LogP) is 11.6. The first-order valence-electron chi connectivity index (χ1n) is 16.7. The van der Waals surface area contributed by atoms with Gasteiger partial charge in [0.05, 0.1) is 0 Å². The molecule has 0 spiro atoms. The van der Waals surface area contributed by atoms with Crippen LogP contribution in [0.5, 0.6) is 0 Å². The number of unbranched alkanes of at least 4 members (excludes halogenated alkanes) is 2. The molecule has 0 nitrogen and oxygen atoms in total. The molecule has 0 bridgehead atoms. The molecule has 222 valence electrons. The van der Waals surface area contributed by atoms with Crippen LogP contribution in [-0.2, 0) is 5.41 Å². The van der Waals surface area contributed by atoms with E-state index in [0.717, 1.165) is 11.8 Å². The summed E-state index contributed by atoms with van der Waals surface area (Å²) in [5.74, 6) is 8.70. The van der Waals surface area contributed by atoms with E-state index in [4.69, 9.17) is 0 Å². The van der Waals surface area contributed by atoms with Gasteiger partial charge in [0, 0.05) is 16.5 Å². The van der Waals surface area contributed by atoms with Gasteiger partial charge in [-0.25, -0.2) is 0 Å². The predicted molar refractivity (Wildman–Crippen MR) is 189 cm³/mol. The van der Waals surface area contributed by atoms with Gasteiger partial charge in [0.25, 0.3) is 0 Å². The van der Waals surface area contributed by atoms with Crippen LogP contribution in [0, 0.1) is 34.8 Å². The monoisotopic (exact) mass is 582 g/mol. The highest BCUT2D eigenvalue weighted by Crippen LogP contribution is 2.56. The Morgan fingerprint density at radius 1 is 0.610 bits per heavy atom. The summed E-state index contributed by atoms with van der Waals surface area (Å²) < 4.78 is 0. The minimum atomic E-state index is -1.46. The molecule has 2 aromatic carbocycles. The second-order valence-corrected chi connectivity index (χ2v) is 24.3. The number of benzene rings is 2. The van der Waals surface area contributed by atoms with Crippen molar-refractivity contribution in [2.24, 2.45) is 11.8 Å². The van der Waals surface area contributed by atoms with Crippen molar-refractivity contribution in [3.05, 3.63) is 58.7 Å². The Bertz CT molecular complexity index is 1180. The van der Waals surface area contributed by atoms with E-state index < -0.39 is 16.1 Å². The number of fused-ring (bicyclic) bond motifs is 3. The third-order valence-corrected chi connectivity index (χ3v) is 10.6. The summed E-state index contributed by atoms with van der Waals surface area (Å²) in [7, 11) is -2.93. The molecule has 2 aromatic rings. The summed E-state index contributed by atoms with van der Waals surface area (Å²) in [5.41, 5.74) is 15.7. The third kappa shape index (κ3) is 8.99. The van der Waals surface area contributed by atoms with Crippen LogP contribution < -0.4 is 0 Å². The van der Waals surface area contributed by atoms with Crippen LogP contribution in [0.4, 0.5) is 0 Å². The molecule has 0 N–H and O–H groups in total. The van der Waals surface area contributed by atoms with Crippen LogP contribution >= 0.6 is 0 Å². The summed E-state index contributed by atoms with van der Waals surface area (Å²) in [5, 5.41) is 0. The molecule has 1 aliphatic carbocycles. The quantitative estimate of drug-likeness (QED) is 0.172. The zero-order valence-electron chi connectivity index (χ0n) is 28.2. The largest absolute Gasteiger partial charge is 0.129 e. The van der Waals surface area contributed by atoms with E-state index in [1.54, 1.807) is 11.1 Å². The minimum absolute atomic E-state index is 0.0290. The molecule has 0 radical (unpaired) electrons. The van der Waals surface area contributed by atoms with E-state index in [0.29, 0.717) is 0 Å². The van der Waals surface area contributed by atoms with Gasteiger partial charge in [-0.2, -0.15) is 0 Å². The molecule has 2 heteroatoms. The maximum Gasteiger partial charge on any atom is 0.129 e. The van der Waals surface area contributed by atoms with Gasteiger partial charge in [0.15, 0.2) is 0 Å². The summed E-state index contributed by atoms with van der Waals surface area (Å²) in [6, 6.07) is 14.4. The maximum atomic E-state index is 3.65. The lowest BCUT2D eigenvalue weighted by atomic mass is 9.65. The standard InChI is InChI=1S/C39H58Si2/c1-11-15-17-31(13-3)29-39(30-32(14-4)18-16-12-2)37-27-33(23-25-40(5,6)7)19-21-35(37)36-22-20-34(28-38(36)39)24-26-41(8,9)10/h19-22,27-28,31-32H,11-18,29-30H2,1-10H3. The maximum absolute atomic E-state index is 3.65. The van der Waals surface area contributed by atoms with Crippen molar-refractivity contribution in [3.63, 3.8) is 0 Å². The van der Waals surface area contributed by atoms with Crippen LogP contribution in [0.1, 0.15) is 114 Å². The number of hydrogen-bond donors (Lipinski definition) is 0. The van der Waals surface area contributed by atoms with Crippen molar-refractivity contribution < 1.29 is 0 Å². The topological polar surface area (TPSA) is 0 Å². The number of hydrogen-bond acceptors (Lipinski definition) is 0. The highest BCUT2D eigenvalue weighted by atomic mass is 28.3. The van der Waals surface area contributed by atoms with Crippen LogP contribution in [0.3, 0.4) is 0 Å². The molecule has 0 heterocycles. The lowest BCUT2D eigenvalue weighted by Gasteiger charge is -2.39. The summed E-state index contributed by atoms with van der Waals surface area (Å²) in [6.07, 6.45) is 12.8. The van der Waals surface area contributed by atoms with Gasteiger partial charge >= 0.3 is 0 Å². The zero-order valence-corrected chi connectivity index (χ0v) is 30.2. The average molecular weight is 583 g/mol. The highest BCUT2D eigenvalue weighted by Gasteiger charge is 2.45. The second kappa shape index (κ2) is 14.4. The third-order valence-electron chi connectivity index (χ3n) is 8.88. The van der Waals surface area contributed by atoms with Crippen LogP contribution in [-0.4, -0.2) is 16.1 Å². The SMILES string of the molecule is CCCCC(CC)CC1(CC(CC)CCCC)c2cc(C#C[Si](C)(C)C)ccc2-c2ccc(C#C[Si](C)(C)C)cc21. The smallest absolute Gasteiger partial charge is 0.127 e. The van der Waals surface area contributed by atoms with E-state index >= 15 is 0 Å². The van der Waals surface area contributed by atoms with Crippen molar-refractivity contribution in [3.8, 4) is 34.1 Å². The first-order valence-corrected chi connectivity index (χ1v) is 23.7.